The second-order valence-corrected chi connectivity index (χ2v) is 4.89. The first kappa shape index (κ1) is 17.0. The van der Waals surface area contributed by atoms with E-state index >= 15 is 0 Å². The zero-order valence-corrected chi connectivity index (χ0v) is 12.8. The van der Waals surface area contributed by atoms with Crippen molar-refractivity contribution in [2.45, 2.75) is 25.6 Å². The molecule has 0 spiro atoms. The summed E-state index contributed by atoms with van der Waals surface area (Å²) < 4.78 is 15.5. The SMILES string of the molecule is CC[C@H](OC(N)=O)[C@@H](OCOC)c1ccc(Cl)cc1Cl. The highest BCUT2D eigenvalue weighted by Gasteiger charge is 2.27. The Balaban J connectivity index is 3.05. The molecule has 2 N–H and O–H groups in total. The first-order valence-corrected chi connectivity index (χ1v) is 6.76. The van der Waals surface area contributed by atoms with E-state index in [0.717, 1.165) is 0 Å². The number of nitrogens with two attached hydrogens (primary N) is 1. The lowest BCUT2D eigenvalue weighted by Gasteiger charge is -2.26. The summed E-state index contributed by atoms with van der Waals surface area (Å²) >= 11 is 12.0. The molecule has 0 fully saturated rings. The normalized spacial score (nSPS) is 13.8. The molecule has 0 heterocycles. The number of hydrogen-bond donors (Lipinski definition) is 1. The summed E-state index contributed by atoms with van der Waals surface area (Å²) in [4.78, 5) is 11.0. The quantitative estimate of drug-likeness (QED) is 0.780. The Kier molecular flexibility index (Phi) is 7.09. The van der Waals surface area contributed by atoms with E-state index in [1.807, 2.05) is 6.92 Å². The van der Waals surface area contributed by atoms with Gasteiger partial charge in [0.1, 0.15) is 19.0 Å². The topological polar surface area (TPSA) is 70.8 Å². The molecule has 112 valence electrons. The van der Waals surface area contributed by atoms with Gasteiger partial charge in [0.25, 0.3) is 0 Å². The van der Waals surface area contributed by atoms with Crippen molar-refractivity contribution >= 4 is 29.3 Å². The second kappa shape index (κ2) is 8.32. The van der Waals surface area contributed by atoms with Crippen molar-refractivity contribution in [1.29, 1.82) is 0 Å². The van der Waals surface area contributed by atoms with Crippen LogP contribution in [0.3, 0.4) is 0 Å². The van der Waals surface area contributed by atoms with Crippen LogP contribution in [0.5, 0.6) is 0 Å². The molecule has 0 saturated carbocycles. The van der Waals surface area contributed by atoms with Crippen LogP contribution >= 0.6 is 23.2 Å². The van der Waals surface area contributed by atoms with Gasteiger partial charge in [0.2, 0.25) is 0 Å². The van der Waals surface area contributed by atoms with Gasteiger partial charge in [0.15, 0.2) is 0 Å². The lowest BCUT2D eigenvalue weighted by molar-refractivity contribution is -0.115. The van der Waals surface area contributed by atoms with Gasteiger partial charge in [-0.1, -0.05) is 36.2 Å². The molecule has 0 saturated heterocycles. The molecule has 0 aliphatic carbocycles. The van der Waals surface area contributed by atoms with Gasteiger partial charge in [-0.25, -0.2) is 4.79 Å². The van der Waals surface area contributed by atoms with E-state index in [1.165, 1.54) is 7.11 Å². The van der Waals surface area contributed by atoms with Crippen molar-refractivity contribution in [1.82, 2.24) is 0 Å². The second-order valence-electron chi connectivity index (χ2n) is 4.04. The maximum atomic E-state index is 11.0. The molecule has 0 radical (unpaired) electrons. The minimum atomic E-state index is -0.868. The van der Waals surface area contributed by atoms with Crippen molar-refractivity contribution in [3.05, 3.63) is 33.8 Å². The van der Waals surface area contributed by atoms with Crippen molar-refractivity contribution in [2.75, 3.05) is 13.9 Å². The van der Waals surface area contributed by atoms with Gasteiger partial charge < -0.3 is 19.9 Å². The number of halogens is 2. The van der Waals surface area contributed by atoms with Gasteiger partial charge >= 0.3 is 6.09 Å². The number of primary amides is 1. The number of rotatable bonds is 7. The third-order valence-corrected chi connectivity index (χ3v) is 3.20. The molecule has 5 nitrogen and oxygen atoms in total. The summed E-state index contributed by atoms with van der Waals surface area (Å²) in [7, 11) is 1.50. The highest BCUT2D eigenvalue weighted by atomic mass is 35.5. The van der Waals surface area contributed by atoms with Gasteiger partial charge in [-0.05, 0) is 18.6 Å². The number of benzene rings is 1. The molecular weight excluding hydrogens is 305 g/mol. The first-order chi connectivity index (χ1) is 9.49. The summed E-state index contributed by atoms with van der Waals surface area (Å²) in [6.45, 7) is 1.88. The van der Waals surface area contributed by atoms with E-state index < -0.39 is 18.3 Å². The van der Waals surface area contributed by atoms with Crippen molar-refractivity contribution < 1.29 is 19.0 Å². The Morgan fingerprint density at radius 2 is 2.10 bits per heavy atom. The van der Waals surface area contributed by atoms with Crippen LogP contribution in [-0.4, -0.2) is 26.1 Å². The molecule has 1 rings (SSSR count). The monoisotopic (exact) mass is 321 g/mol. The predicted molar refractivity (Wildman–Crippen MR) is 76.9 cm³/mol. The van der Waals surface area contributed by atoms with Crippen LogP contribution in [0, 0.1) is 0 Å². The van der Waals surface area contributed by atoms with Gasteiger partial charge in [0.05, 0.1) is 0 Å². The molecule has 1 aromatic rings. The summed E-state index contributed by atoms with van der Waals surface area (Å²) in [5.41, 5.74) is 5.73. The fourth-order valence-electron chi connectivity index (χ4n) is 1.78. The van der Waals surface area contributed by atoms with Crippen LogP contribution in [0.25, 0.3) is 0 Å². The Hall–Kier alpha value is -1.01. The number of amides is 1. The van der Waals surface area contributed by atoms with Crippen molar-refractivity contribution in [3.63, 3.8) is 0 Å². The van der Waals surface area contributed by atoms with E-state index in [1.54, 1.807) is 18.2 Å². The largest absolute Gasteiger partial charge is 0.443 e. The maximum Gasteiger partial charge on any atom is 0.404 e. The Bertz CT molecular complexity index is 456. The molecule has 0 unspecified atom stereocenters. The minimum absolute atomic E-state index is 0.0300. The van der Waals surface area contributed by atoms with Crippen LogP contribution < -0.4 is 5.73 Å². The summed E-state index contributed by atoms with van der Waals surface area (Å²) in [6, 6.07) is 5.00. The number of hydrogen-bond acceptors (Lipinski definition) is 4. The molecule has 0 bridgehead atoms. The number of methoxy groups -OCH3 is 1. The van der Waals surface area contributed by atoms with Gasteiger partial charge in [0, 0.05) is 22.7 Å². The van der Waals surface area contributed by atoms with Crippen LogP contribution in [0.1, 0.15) is 25.0 Å². The molecule has 7 heteroatoms. The zero-order chi connectivity index (χ0) is 15.1. The number of carbonyl (C=O) groups is 1. The molecule has 2 atom stereocenters. The molecule has 0 aliphatic heterocycles. The first-order valence-electron chi connectivity index (χ1n) is 6.01. The third kappa shape index (κ3) is 4.83. The fraction of sp³-hybridized carbons (Fsp3) is 0.462. The van der Waals surface area contributed by atoms with Gasteiger partial charge in [-0.2, -0.15) is 0 Å². The van der Waals surface area contributed by atoms with Gasteiger partial charge in [-0.15, -0.1) is 0 Å². The molecule has 20 heavy (non-hydrogen) atoms. The average Bonchev–Trinajstić information content (AvgIpc) is 2.39. The smallest absolute Gasteiger partial charge is 0.404 e. The summed E-state index contributed by atoms with van der Waals surface area (Å²) in [6.07, 6.45) is -1.51. The molecule has 0 aliphatic rings. The molecule has 0 aromatic heterocycles. The Morgan fingerprint density at radius 3 is 2.60 bits per heavy atom. The molecule has 1 amide bonds. The Morgan fingerprint density at radius 1 is 1.40 bits per heavy atom. The summed E-state index contributed by atoms with van der Waals surface area (Å²) in [5, 5.41) is 0.929. The Labute approximate surface area is 127 Å². The van der Waals surface area contributed by atoms with Crippen LogP contribution in [0.2, 0.25) is 10.0 Å². The summed E-state index contributed by atoms with van der Waals surface area (Å²) in [5.74, 6) is 0. The van der Waals surface area contributed by atoms with Gasteiger partial charge in [-0.3, -0.25) is 0 Å². The van der Waals surface area contributed by atoms with Crippen molar-refractivity contribution in [3.8, 4) is 0 Å². The number of carbonyl (C=O) groups excluding carboxylic acids is 1. The maximum absolute atomic E-state index is 11.0. The van der Waals surface area contributed by atoms with E-state index in [0.29, 0.717) is 22.0 Å². The standard InChI is InChI=1S/C13H17Cl2NO4/c1-3-11(20-13(16)17)12(19-7-18-2)9-5-4-8(14)6-10(9)15/h4-6,11-12H,3,7H2,1-2H3,(H2,16,17)/t11-,12-/m0/s1. The lowest BCUT2D eigenvalue weighted by atomic mass is 10.0. The highest BCUT2D eigenvalue weighted by Crippen LogP contribution is 2.32. The van der Waals surface area contributed by atoms with E-state index in [9.17, 15) is 4.79 Å². The third-order valence-electron chi connectivity index (χ3n) is 2.64. The van der Waals surface area contributed by atoms with E-state index in [-0.39, 0.29) is 6.79 Å². The predicted octanol–water partition coefficient (Wildman–Crippen LogP) is 3.53. The van der Waals surface area contributed by atoms with Crippen molar-refractivity contribution in [2.24, 2.45) is 5.73 Å². The minimum Gasteiger partial charge on any atom is -0.443 e. The molecular formula is C13H17Cl2NO4. The van der Waals surface area contributed by atoms with E-state index in [4.69, 9.17) is 43.1 Å². The lowest BCUT2D eigenvalue weighted by Crippen LogP contribution is -2.30. The molecule has 1 aromatic carbocycles. The fourth-order valence-corrected chi connectivity index (χ4v) is 2.30. The zero-order valence-electron chi connectivity index (χ0n) is 11.3. The van der Waals surface area contributed by atoms with Crippen LogP contribution in [0.4, 0.5) is 4.79 Å². The highest BCUT2D eigenvalue weighted by molar-refractivity contribution is 6.35. The van der Waals surface area contributed by atoms with E-state index in [2.05, 4.69) is 0 Å². The van der Waals surface area contributed by atoms with Crippen LogP contribution in [0.15, 0.2) is 18.2 Å². The number of ether oxygens (including phenoxy) is 3. The average molecular weight is 322 g/mol. The van der Waals surface area contributed by atoms with Crippen LogP contribution in [-0.2, 0) is 14.2 Å².